The van der Waals surface area contributed by atoms with Crippen LogP contribution in [0, 0.1) is 41.2 Å². The Morgan fingerprint density at radius 2 is 1.22 bits per heavy atom. The smallest absolute Gasteiger partial charge is 0.0273 e. The van der Waals surface area contributed by atoms with E-state index in [1.165, 1.54) is 53.5 Å². The van der Waals surface area contributed by atoms with Crippen molar-refractivity contribution >= 4 is 0 Å². The van der Waals surface area contributed by atoms with E-state index in [0.29, 0.717) is 0 Å². The highest BCUT2D eigenvalue weighted by Gasteiger charge is 2.11. The maximum atomic E-state index is 5.40. The largest absolute Gasteiger partial charge is 0.0845 e. The fourth-order valence-electron chi connectivity index (χ4n) is 2.69. The molecule has 0 spiro atoms. The van der Waals surface area contributed by atoms with Crippen molar-refractivity contribution < 1.29 is 0 Å². The molecule has 0 aliphatic heterocycles. The molecule has 0 heterocycles. The van der Waals surface area contributed by atoms with Crippen molar-refractivity contribution in [3.8, 4) is 0 Å². The Kier molecular flexibility index (Phi) is 5.65. The summed E-state index contributed by atoms with van der Waals surface area (Å²) in [6.07, 6.45) is 7.80. The van der Waals surface area contributed by atoms with Gasteiger partial charge in [-0.1, -0.05) is 19.1 Å². The van der Waals surface area contributed by atoms with E-state index in [1.807, 2.05) is 0 Å². The lowest BCUT2D eigenvalue weighted by Crippen LogP contribution is -2.03. The molecule has 0 atom stereocenters. The molecular weight excluding hydrogens is 216 g/mol. The van der Waals surface area contributed by atoms with Crippen LogP contribution in [-0.2, 0) is 6.42 Å². The molecule has 18 heavy (non-hydrogen) atoms. The minimum Gasteiger partial charge on any atom is -0.0845 e. The Morgan fingerprint density at radius 3 is 1.72 bits per heavy atom. The van der Waals surface area contributed by atoms with Gasteiger partial charge in [-0.15, -0.1) is 0 Å². The van der Waals surface area contributed by atoms with Gasteiger partial charge in [-0.25, -0.2) is 0 Å². The van der Waals surface area contributed by atoms with E-state index in [2.05, 4.69) is 34.6 Å². The van der Waals surface area contributed by atoms with Gasteiger partial charge >= 0.3 is 0 Å². The van der Waals surface area contributed by atoms with Crippen LogP contribution in [-0.4, -0.2) is 0 Å². The molecular formula is C18H27. The van der Waals surface area contributed by atoms with E-state index >= 15 is 0 Å². The van der Waals surface area contributed by atoms with Crippen LogP contribution in [0.5, 0.6) is 0 Å². The molecule has 0 amide bonds. The van der Waals surface area contributed by atoms with Gasteiger partial charge in [0.25, 0.3) is 0 Å². The van der Waals surface area contributed by atoms with Crippen molar-refractivity contribution in [1.29, 1.82) is 0 Å². The lowest BCUT2D eigenvalue weighted by Gasteiger charge is -2.18. The lowest BCUT2D eigenvalue weighted by atomic mass is 9.87. The second-order valence-corrected chi connectivity index (χ2v) is 5.44. The van der Waals surface area contributed by atoms with Gasteiger partial charge in [-0.2, -0.15) is 0 Å². The lowest BCUT2D eigenvalue weighted by molar-refractivity contribution is 0.683. The summed E-state index contributed by atoms with van der Waals surface area (Å²) in [6.45, 7) is 16.7. The van der Waals surface area contributed by atoms with Crippen molar-refractivity contribution in [2.24, 2.45) is 0 Å². The zero-order valence-corrected chi connectivity index (χ0v) is 12.7. The van der Waals surface area contributed by atoms with Crippen molar-refractivity contribution in [2.75, 3.05) is 0 Å². The minimum atomic E-state index is 1.05. The summed E-state index contributed by atoms with van der Waals surface area (Å²) in [5.74, 6) is 0. The van der Waals surface area contributed by atoms with E-state index in [0.717, 1.165) is 6.42 Å². The molecule has 0 fully saturated rings. The van der Waals surface area contributed by atoms with Crippen molar-refractivity contribution in [3.63, 3.8) is 0 Å². The summed E-state index contributed by atoms with van der Waals surface area (Å²) in [7, 11) is 0. The van der Waals surface area contributed by atoms with E-state index in [1.54, 1.807) is 11.6 Å². The molecule has 0 aliphatic rings. The molecule has 0 aliphatic carbocycles. The number of rotatable bonds is 6. The third-order valence-electron chi connectivity index (χ3n) is 4.45. The van der Waals surface area contributed by atoms with Gasteiger partial charge in [0.2, 0.25) is 0 Å². The maximum Gasteiger partial charge on any atom is -0.0273 e. The first-order chi connectivity index (χ1) is 8.50. The van der Waals surface area contributed by atoms with Gasteiger partial charge in [0.15, 0.2) is 0 Å². The van der Waals surface area contributed by atoms with Crippen LogP contribution in [0.25, 0.3) is 0 Å². The summed E-state index contributed by atoms with van der Waals surface area (Å²) < 4.78 is 0. The van der Waals surface area contributed by atoms with Crippen LogP contribution in [0.3, 0.4) is 0 Å². The number of benzene rings is 1. The SMILES string of the molecule is [CH]=CCCCCCc1c(C)c(C)c(C)c(C)c1C. The number of allylic oxidation sites excluding steroid dienone is 1. The zero-order chi connectivity index (χ0) is 13.7. The molecule has 0 N–H and O–H groups in total. The number of hydrogen-bond donors (Lipinski definition) is 0. The van der Waals surface area contributed by atoms with Crippen LogP contribution in [0.15, 0.2) is 6.08 Å². The Labute approximate surface area is 113 Å². The number of hydrogen-bond acceptors (Lipinski definition) is 0. The Bertz CT molecular complexity index is 395. The van der Waals surface area contributed by atoms with E-state index < -0.39 is 0 Å². The first kappa shape index (κ1) is 15.0. The van der Waals surface area contributed by atoms with Gasteiger partial charge < -0.3 is 0 Å². The Morgan fingerprint density at radius 1 is 0.722 bits per heavy atom. The average molecular weight is 243 g/mol. The highest BCUT2D eigenvalue weighted by Crippen LogP contribution is 2.27. The highest BCUT2D eigenvalue weighted by atomic mass is 14.2. The molecule has 99 valence electrons. The van der Waals surface area contributed by atoms with Gasteiger partial charge in [-0.05, 0) is 93.7 Å². The first-order valence-corrected chi connectivity index (χ1v) is 7.10. The number of unbranched alkanes of at least 4 members (excludes halogenated alkanes) is 3. The molecule has 0 saturated heterocycles. The van der Waals surface area contributed by atoms with Crippen molar-refractivity contribution in [2.45, 2.75) is 66.7 Å². The van der Waals surface area contributed by atoms with Crippen LogP contribution in [0.1, 0.15) is 59.1 Å². The van der Waals surface area contributed by atoms with Crippen LogP contribution in [0.4, 0.5) is 0 Å². The van der Waals surface area contributed by atoms with Crippen LogP contribution >= 0.6 is 0 Å². The normalized spacial score (nSPS) is 10.7. The third kappa shape index (κ3) is 3.25. The fraction of sp³-hybridized carbons (Fsp3) is 0.556. The maximum absolute atomic E-state index is 5.40. The second kappa shape index (κ2) is 6.78. The predicted molar refractivity (Wildman–Crippen MR) is 81.2 cm³/mol. The molecule has 0 nitrogen and oxygen atoms in total. The summed E-state index contributed by atoms with van der Waals surface area (Å²) in [5, 5.41) is 0. The molecule has 1 radical (unpaired) electrons. The minimum absolute atomic E-state index is 1.05. The van der Waals surface area contributed by atoms with Gasteiger partial charge in [-0.3, -0.25) is 0 Å². The van der Waals surface area contributed by atoms with Crippen LogP contribution < -0.4 is 0 Å². The molecule has 1 aromatic rings. The van der Waals surface area contributed by atoms with Gasteiger partial charge in [0, 0.05) is 0 Å². The monoisotopic (exact) mass is 243 g/mol. The first-order valence-electron chi connectivity index (χ1n) is 7.10. The van der Waals surface area contributed by atoms with E-state index in [-0.39, 0.29) is 0 Å². The molecule has 0 bridgehead atoms. The molecule has 0 saturated carbocycles. The molecule has 0 aromatic heterocycles. The second-order valence-electron chi connectivity index (χ2n) is 5.44. The summed E-state index contributed by atoms with van der Waals surface area (Å²) in [6, 6.07) is 0. The fourth-order valence-corrected chi connectivity index (χ4v) is 2.69. The molecule has 1 rings (SSSR count). The highest BCUT2D eigenvalue weighted by molar-refractivity contribution is 5.49. The van der Waals surface area contributed by atoms with Gasteiger partial charge in [0.1, 0.15) is 0 Å². The summed E-state index contributed by atoms with van der Waals surface area (Å²) in [4.78, 5) is 0. The quantitative estimate of drug-likeness (QED) is 0.593. The van der Waals surface area contributed by atoms with Crippen LogP contribution in [0.2, 0.25) is 0 Å². The van der Waals surface area contributed by atoms with Gasteiger partial charge in [0.05, 0.1) is 0 Å². The average Bonchev–Trinajstić information content (AvgIpc) is 2.37. The third-order valence-corrected chi connectivity index (χ3v) is 4.45. The Hall–Kier alpha value is -1.04. The predicted octanol–water partition coefficient (Wildman–Crippen LogP) is 5.32. The summed E-state index contributed by atoms with van der Waals surface area (Å²) >= 11 is 0. The topological polar surface area (TPSA) is 0 Å². The molecule has 0 heteroatoms. The van der Waals surface area contributed by atoms with E-state index in [4.69, 9.17) is 6.58 Å². The molecule has 1 aromatic carbocycles. The molecule has 0 unspecified atom stereocenters. The zero-order valence-electron chi connectivity index (χ0n) is 12.7. The Balaban J connectivity index is 2.80. The van der Waals surface area contributed by atoms with E-state index in [9.17, 15) is 0 Å². The summed E-state index contributed by atoms with van der Waals surface area (Å²) in [5.41, 5.74) is 8.99. The standard InChI is InChI=1S/C18H27/c1-7-8-9-10-11-12-18-16(5)14(3)13(2)15(4)17(18)6/h1,7H,8-12H2,2-6H3. The van der Waals surface area contributed by atoms with Crippen molar-refractivity contribution in [3.05, 3.63) is 46.0 Å². The van der Waals surface area contributed by atoms with Crippen molar-refractivity contribution in [1.82, 2.24) is 0 Å².